The molecule has 1 fully saturated rings. The van der Waals surface area contributed by atoms with Crippen molar-refractivity contribution in [2.45, 2.75) is 90.1 Å². The first-order valence-electron chi connectivity index (χ1n) is 9.72. The van der Waals surface area contributed by atoms with Crippen LogP contribution in [0.15, 0.2) is 12.2 Å². The number of rotatable bonds is 13. The molecule has 24 heavy (non-hydrogen) atoms. The summed E-state index contributed by atoms with van der Waals surface area (Å²) in [6.45, 7) is 2.16. The van der Waals surface area contributed by atoms with Crippen molar-refractivity contribution in [2.24, 2.45) is 17.6 Å². The predicted octanol–water partition coefficient (Wildman–Crippen LogP) is 3.91. The number of hydrogen-bond acceptors (Lipinski definition) is 3. The Hall–Kier alpha value is -1.16. The van der Waals surface area contributed by atoms with Gasteiger partial charge in [0.25, 0.3) is 0 Å². The molecule has 0 spiro atoms. The summed E-state index contributed by atoms with van der Waals surface area (Å²) >= 11 is 0. The van der Waals surface area contributed by atoms with Crippen LogP contribution in [0.5, 0.6) is 0 Å². The second-order valence-electron chi connectivity index (χ2n) is 7.14. The standard InChI is InChI=1S/C20H35NO3/c1-2-3-6-9-17(22)14-12-16-13-15-19(23)18(16)10-7-4-5-8-11-20(21)24/h12,14,16-18,22H,2-11,13,15H2,1H3,(H2,21,24). The van der Waals surface area contributed by atoms with Crippen LogP contribution in [0.4, 0.5) is 0 Å². The summed E-state index contributed by atoms with van der Waals surface area (Å²) in [5.74, 6) is 0.565. The zero-order valence-corrected chi connectivity index (χ0v) is 15.2. The lowest BCUT2D eigenvalue weighted by Gasteiger charge is -2.15. The molecule has 0 aliphatic heterocycles. The van der Waals surface area contributed by atoms with Crippen LogP contribution in [0.2, 0.25) is 0 Å². The number of carbonyl (C=O) groups excluding carboxylic acids is 2. The van der Waals surface area contributed by atoms with E-state index < -0.39 is 0 Å². The predicted molar refractivity (Wildman–Crippen MR) is 97.4 cm³/mol. The molecule has 3 atom stereocenters. The summed E-state index contributed by atoms with van der Waals surface area (Å²) in [7, 11) is 0. The maximum atomic E-state index is 12.1. The van der Waals surface area contributed by atoms with E-state index in [-0.39, 0.29) is 17.9 Å². The van der Waals surface area contributed by atoms with Gasteiger partial charge in [-0.25, -0.2) is 0 Å². The number of unbranched alkanes of at least 4 members (excludes halogenated alkanes) is 5. The number of ketones is 1. The van der Waals surface area contributed by atoms with Gasteiger partial charge in [0.15, 0.2) is 0 Å². The van der Waals surface area contributed by atoms with E-state index in [2.05, 4.69) is 13.0 Å². The number of aliphatic hydroxyl groups excluding tert-OH is 1. The Bertz CT molecular complexity index is 406. The Balaban J connectivity index is 2.28. The molecule has 138 valence electrons. The summed E-state index contributed by atoms with van der Waals surface area (Å²) in [4.78, 5) is 22.8. The normalized spacial score (nSPS) is 22.3. The van der Waals surface area contributed by atoms with Gasteiger partial charge < -0.3 is 10.8 Å². The molecule has 1 amide bonds. The van der Waals surface area contributed by atoms with Crippen LogP contribution >= 0.6 is 0 Å². The number of aliphatic hydroxyl groups is 1. The largest absolute Gasteiger partial charge is 0.389 e. The van der Waals surface area contributed by atoms with E-state index >= 15 is 0 Å². The summed E-state index contributed by atoms with van der Waals surface area (Å²) in [5, 5.41) is 10.00. The molecule has 1 saturated carbocycles. The zero-order valence-electron chi connectivity index (χ0n) is 15.2. The van der Waals surface area contributed by atoms with Crippen LogP contribution in [0.3, 0.4) is 0 Å². The SMILES string of the molecule is CCCCCC(O)C=CC1CCC(=O)C1CCCCCCC(N)=O. The zero-order chi connectivity index (χ0) is 17.8. The number of carbonyl (C=O) groups is 2. The van der Waals surface area contributed by atoms with E-state index in [9.17, 15) is 14.7 Å². The van der Waals surface area contributed by atoms with Crippen molar-refractivity contribution in [1.29, 1.82) is 0 Å². The molecule has 0 aromatic rings. The molecule has 0 aromatic carbocycles. The number of hydrogen-bond donors (Lipinski definition) is 2. The molecule has 0 saturated heterocycles. The van der Waals surface area contributed by atoms with E-state index in [1.165, 1.54) is 0 Å². The lowest BCUT2D eigenvalue weighted by molar-refractivity contribution is -0.121. The molecular weight excluding hydrogens is 302 g/mol. The third kappa shape index (κ3) is 8.62. The number of nitrogens with two attached hydrogens (primary N) is 1. The fourth-order valence-corrected chi connectivity index (χ4v) is 3.53. The maximum Gasteiger partial charge on any atom is 0.217 e. The van der Waals surface area contributed by atoms with Crippen molar-refractivity contribution in [3.63, 3.8) is 0 Å². The van der Waals surface area contributed by atoms with Gasteiger partial charge in [0, 0.05) is 18.8 Å². The highest BCUT2D eigenvalue weighted by Gasteiger charge is 2.32. The van der Waals surface area contributed by atoms with Crippen LogP contribution in [0, 0.1) is 11.8 Å². The second kappa shape index (κ2) is 12.2. The maximum absolute atomic E-state index is 12.1. The number of amides is 1. The number of Topliss-reactive ketones (excluding diaryl/α,β-unsaturated/α-hetero) is 1. The van der Waals surface area contributed by atoms with Gasteiger partial charge in [-0.05, 0) is 31.6 Å². The molecular formula is C20H35NO3. The third-order valence-electron chi connectivity index (χ3n) is 5.03. The second-order valence-corrected chi connectivity index (χ2v) is 7.14. The molecule has 3 unspecified atom stereocenters. The van der Waals surface area contributed by atoms with Gasteiger partial charge >= 0.3 is 0 Å². The minimum Gasteiger partial charge on any atom is -0.389 e. The fraction of sp³-hybridized carbons (Fsp3) is 0.800. The summed E-state index contributed by atoms with van der Waals surface area (Å²) in [6.07, 6.45) is 14.7. The third-order valence-corrected chi connectivity index (χ3v) is 5.03. The smallest absolute Gasteiger partial charge is 0.217 e. The van der Waals surface area contributed by atoms with Crippen molar-refractivity contribution in [1.82, 2.24) is 0 Å². The van der Waals surface area contributed by atoms with Gasteiger partial charge in [-0.15, -0.1) is 0 Å². The molecule has 0 radical (unpaired) electrons. The molecule has 4 heteroatoms. The molecule has 3 N–H and O–H groups in total. The van der Waals surface area contributed by atoms with Gasteiger partial charge in [0.05, 0.1) is 6.10 Å². The van der Waals surface area contributed by atoms with Gasteiger partial charge in [0.1, 0.15) is 5.78 Å². The lowest BCUT2D eigenvalue weighted by atomic mass is 9.89. The first-order chi connectivity index (χ1) is 11.5. The van der Waals surface area contributed by atoms with Crippen LogP contribution in [-0.2, 0) is 9.59 Å². The van der Waals surface area contributed by atoms with E-state index in [1.54, 1.807) is 0 Å². The van der Waals surface area contributed by atoms with Crippen molar-refractivity contribution in [3.8, 4) is 0 Å². The Morgan fingerprint density at radius 2 is 2.00 bits per heavy atom. The lowest BCUT2D eigenvalue weighted by Crippen LogP contribution is -2.14. The van der Waals surface area contributed by atoms with Crippen LogP contribution in [-0.4, -0.2) is 22.9 Å². The van der Waals surface area contributed by atoms with Crippen molar-refractivity contribution < 1.29 is 14.7 Å². The van der Waals surface area contributed by atoms with E-state index in [4.69, 9.17) is 5.73 Å². The van der Waals surface area contributed by atoms with E-state index in [0.29, 0.717) is 24.5 Å². The van der Waals surface area contributed by atoms with Crippen molar-refractivity contribution in [2.75, 3.05) is 0 Å². The molecule has 4 nitrogen and oxygen atoms in total. The minimum atomic E-state index is -0.373. The molecule has 1 aliphatic rings. The molecule has 0 aromatic heterocycles. The van der Waals surface area contributed by atoms with Gasteiger partial charge in [-0.1, -0.05) is 57.6 Å². The summed E-state index contributed by atoms with van der Waals surface area (Å²) in [6, 6.07) is 0. The number of allylic oxidation sites excluding steroid dienone is 1. The van der Waals surface area contributed by atoms with E-state index in [0.717, 1.165) is 64.2 Å². The summed E-state index contributed by atoms with van der Waals surface area (Å²) < 4.78 is 0. The van der Waals surface area contributed by atoms with Crippen molar-refractivity contribution in [3.05, 3.63) is 12.2 Å². The highest BCUT2D eigenvalue weighted by Crippen LogP contribution is 2.34. The Morgan fingerprint density at radius 3 is 2.71 bits per heavy atom. The Morgan fingerprint density at radius 1 is 1.25 bits per heavy atom. The Kier molecular flexibility index (Phi) is 10.6. The van der Waals surface area contributed by atoms with Crippen LogP contribution < -0.4 is 5.73 Å². The van der Waals surface area contributed by atoms with E-state index in [1.807, 2.05) is 6.08 Å². The summed E-state index contributed by atoms with van der Waals surface area (Å²) in [5.41, 5.74) is 5.13. The highest BCUT2D eigenvalue weighted by molar-refractivity contribution is 5.83. The topological polar surface area (TPSA) is 80.4 Å². The molecule has 1 rings (SSSR count). The first kappa shape index (κ1) is 20.9. The van der Waals surface area contributed by atoms with Gasteiger partial charge in [-0.3, -0.25) is 9.59 Å². The average Bonchev–Trinajstić information content (AvgIpc) is 2.89. The fourth-order valence-electron chi connectivity index (χ4n) is 3.53. The minimum absolute atomic E-state index is 0.125. The van der Waals surface area contributed by atoms with Gasteiger partial charge in [-0.2, -0.15) is 0 Å². The van der Waals surface area contributed by atoms with Gasteiger partial charge in [0.2, 0.25) is 5.91 Å². The van der Waals surface area contributed by atoms with Crippen LogP contribution in [0.1, 0.15) is 84.0 Å². The molecule has 1 aliphatic carbocycles. The van der Waals surface area contributed by atoms with Crippen LogP contribution in [0.25, 0.3) is 0 Å². The monoisotopic (exact) mass is 337 g/mol. The molecule has 0 bridgehead atoms. The highest BCUT2D eigenvalue weighted by atomic mass is 16.3. The molecule has 0 heterocycles. The van der Waals surface area contributed by atoms with Crippen molar-refractivity contribution >= 4 is 11.7 Å². The Labute approximate surface area is 146 Å². The first-order valence-corrected chi connectivity index (χ1v) is 9.72. The number of primary amides is 1. The average molecular weight is 338 g/mol. The quantitative estimate of drug-likeness (QED) is 0.395.